The molecule has 1 aromatic heterocycles. The van der Waals surface area contributed by atoms with Gasteiger partial charge >= 0.3 is 0 Å². The Kier molecular flexibility index (Phi) is 4.01. The molecule has 0 bridgehead atoms. The number of carbonyl (C=O) groups is 1. The third kappa shape index (κ3) is 3.10. The lowest BCUT2D eigenvalue weighted by Crippen LogP contribution is -2.13. The van der Waals surface area contributed by atoms with Crippen LogP contribution in [0.2, 0.25) is 15.2 Å². The maximum Gasteiger partial charge on any atom is 0.258 e. The van der Waals surface area contributed by atoms with Crippen LogP contribution in [0.3, 0.4) is 0 Å². The average molecular weight is 303 g/mol. The summed E-state index contributed by atoms with van der Waals surface area (Å²) >= 11 is 17.3. The molecule has 1 amide bonds. The van der Waals surface area contributed by atoms with Gasteiger partial charge in [-0.15, -0.1) is 0 Å². The van der Waals surface area contributed by atoms with Crippen molar-refractivity contribution in [3.8, 4) is 0 Å². The van der Waals surface area contributed by atoms with Crippen molar-refractivity contribution in [3.63, 3.8) is 0 Å². The van der Waals surface area contributed by atoms with Gasteiger partial charge in [0.05, 0.1) is 23.0 Å². The molecule has 0 aliphatic carbocycles. The molecule has 2 rings (SSSR count). The number of aromatic nitrogens is 2. The second-order valence-corrected chi connectivity index (χ2v) is 4.53. The zero-order valence-electron chi connectivity index (χ0n) is 8.82. The second-order valence-electron chi connectivity index (χ2n) is 3.30. The molecule has 0 spiro atoms. The summed E-state index contributed by atoms with van der Waals surface area (Å²) in [4.78, 5) is 19.6. The first-order chi connectivity index (χ1) is 8.56. The summed E-state index contributed by atoms with van der Waals surface area (Å²) in [5.74, 6) is -0.139. The number of hydrogen-bond donors (Lipinski definition) is 1. The molecular weight excluding hydrogens is 296 g/mol. The molecule has 1 N–H and O–H groups in total. The van der Waals surface area contributed by atoms with Gasteiger partial charge in [0.25, 0.3) is 5.91 Å². The molecule has 0 saturated carbocycles. The fraction of sp³-hybridized carbons (Fsp3) is 0. The van der Waals surface area contributed by atoms with E-state index in [0.717, 1.165) is 0 Å². The van der Waals surface area contributed by atoms with Crippen molar-refractivity contribution >= 4 is 46.5 Å². The molecule has 1 heterocycles. The highest BCUT2D eigenvalue weighted by atomic mass is 35.5. The Balaban J connectivity index is 2.21. The van der Waals surface area contributed by atoms with Crippen molar-refractivity contribution in [3.05, 3.63) is 51.4 Å². The Bertz CT molecular complexity index is 587. The number of rotatable bonds is 2. The van der Waals surface area contributed by atoms with E-state index >= 15 is 0 Å². The lowest BCUT2D eigenvalue weighted by atomic mass is 10.2. The van der Waals surface area contributed by atoms with Gasteiger partial charge in [0.1, 0.15) is 5.15 Å². The fourth-order valence-corrected chi connectivity index (χ4v) is 1.71. The zero-order valence-corrected chi connectivity index (χ0v) is 11.1. The SMILES string of the molecule is O=C(Nc1cnc(Cl)cn1)c1cc(Cl)ccc1Cl. The summed E-state index contributed by atoms with van der Waals surface area (Å²) < 4.78 is 0. The maximum atomic E-state index is 11.9. The number of nitrogens with one attached hydrogen (secondary N) is 1. The maximum absolute atomic E-state index is 11.9. The Morgan fingerprint density at radius 1 is 1.11 bits per heavy atom. The molecule has 0 radical (unpaired) electrons. The van der Waals surface area contributed by atoms with Crippen LogP contribution < -0.4 is 5.32 Å². The lowest BCUT2D eigenvalue weighted by molar-refractivity contribution is 0.102. The number of hydrogen-bond acceptors (Lipinski definition) is 3. The Morgan fingerprint density at radius 3 is 2.56 bits per heavy atom. The predicted molar refractivity (Wildman–Crippen MR) is 71.5 cm³/mol. The molecular formula is C11H6Cl3N3O. The third-order valence-corrected chi connectivity index (χ3v) is 2.79. The summed E-state index contributed by atoms with van der Waals surface area (Å²) in [5, 5.41) is 3.51. The lowest BCUT2D eigenvalue weighted by Gasteiger charge is -2.06. The number of anilines is 1. The van der Waals surface area contributed by atoms with Gasteiger partial charge < -0.3 is 5.32 Å². The first-order valence-corrected chi connectivity index (χ1v) is 5.93. The Hall–Kier alpha value is -1.36. The highest BCUT2D eigenvalue weighted by molar-refractivity contribution is 6.36. The van der Waals surface area contributed by atoms with Crippen LogP contribution in [0.5, 0.6) is 0 Å². The van der Waals surface area contributed by atoms with Crippen molar-refractivity contribution in [2.24, 2.45) is 0 Å². The van der Waals surface area contributed by atoms with E-state index in [1.165, 1.54) is 18.5 Å². The van der Waals surface area contributed by atoms with Gasteiger partial charge in [0.2, 0.25) is 0 Å². The number of benzene rings is 1. The van der Waals surface area contributed by atoms with Crippen molar-refractivity contribution in [2.75, 3.05) is 5.32 Å². The Labute approximate surface area is 118 Å². The molecule has 0 atom stereocenters. The molecule has 1 aromatic carbocycles. The summed E-state index contributed by atoms with van der Waals surface area (Å²) in [6.07, 6.45) is 2.68. The van der Waals surface area contributed by atoms with Gasteiger partial charge in [0, 0.05) is 5.02 Å². The van der Waals surface area contributed by atoms with Crippen LogP contribution >= 0.6 is 34.8 Å². The topological polar surface area (TPSA) is 54.9 Å². The van der Waals surface area contributed by atoms with Crippen LogP contribution in [0.1, 0.15) is 10.4 Å². The summed E-state index contributed by atoms with van der Waals surface area (Å²) in [5.41, 5.74) is 0.265. The summed E-state index contributed by atoms with van der Waals surface area (Å²) in [6, 6.07) is 4.62. The average Bonchev–Trinajstić information content (AvgIpc) is 2.35. The minimum absolute atomic E-state index is 0.244. The van der Waals surface area contributed by atoms with E-state index in [1.54, 1.807) is 12.1 Å². The third-order valence-electron chi connectivity index (χ3n) is 2.03. The van der Waals surface area contributed by atoms with Gasteiger partial charge in [-0.05, 0) is 18.2 Å². The minimum atomic E-state index is -0.417. The van der Waals surface area contributed by atoms with E-state index in [1.807, 2.05) is 0 Å². The van der Waals surface area contributed by atoms with E-state index in [9.17, 15) is 4.79 Å². The summed E-state index contributed by atoms with van der Waals surface area (Å²) in [6.45, 7) is 0. The number of carbonyl (C=O) groups excluding carboxylic acids is 1. The fourth-order valence-electron chi connectivity index (χ4n) is 1.23. The van der Waals surface area contributed by atoms with E-state index in [4.69, 9.17) is 34.8 Å². The first kappa shape index (κ1) is 13.1. The van der Waals surface area contributed by atoms with Crippen molar-refractivity contribution in [1.82, 2.24) is 9.97 Å². The van der Waals surface area contributed by atoms with Crippen molar-refractivity contribution in [1.29, 1.82) is 0 Å². The molecule has 0 unspecified atom stereocenters. The van der Waals surface area contributed by atoms with Crippen LogP contribution in [0.4, 0.5) is 5.82 Å². The van der Waals surface area contributed by atoms with E-state index in [-0.39, 0.29) is 16.5 Å². The molecule has 0 saturated heterocycles. The first-order valence-electron chi connectivity index (χ1n) is 4.80. The molecule has 18 heavy (non-hydrogen) atoms. The Morgan fingerprint density at radius 2 is 1.89 bits per heavy atom. The summed E-state index contributed by atoms with van der Waals surface area (Å²) in [7, 11) is 0. The molecule has 7 heteroatoms. The quantitative estimate of drug-likeness (QED) is 0.920. The van der Waals surface area contributed by atoms with Crippen LogP contribution in [0.25, 0.3) is 0 Å². The smallest absolute Gasteiger partial charge is 0.258 e. The highest BCUT2D eigenvalue weighted by Crippen LogP contribution is 2.21. The van der Waals surface area contributed by atoms with Gasteiger partial charge in [-0.25, -0.2) is 9.97 Å². The van der Waals surface area contributed by atoms with Gasteiger partial charge in [-0.1, -0.05) is 34.8 Å². The van der Waals surface area contributed by atoms with Crippen molar-refractivity contribution < 1.29 is 4.79 Å². The number of amides is 1. The van der Waals surface area contributed by atoms with E-state index in [2.05, 4.69) is 15.3 Å². The molecule has 0 aliphatic heterocycles. The molecule has 0 fully saturated rings. The second kappa shape index (κ2) is 5.52. The number of halogens is 3. The van der Waals surface area contributed by atoms with Gasteiger partial charge in [-0.2, -0.15) is 0 Å². The van der Waals surface area contributed by atoms with E-state index < -0.39 is 5.91 Å². The zero-order chi connectivity index (χ0) is 13.1. The van der Waals surface area contributed by atoms with Gasteiger partial charge in [0.15, 0.2) is 5.82 Å². The molecule has 0 aliphatic rings. The molecule has 92 valence electrons. The molecule has 4 nitrogen and oxygen atoms in total. The highest BCUT2D eigenvalue weighted by Gasteiger charge is 2.11. The largest absolute Gasteiger partial charge is 0.305 e. The predicted octanol–water partition coefficient (Wildman–Crippen LogP) is 3.69. The minimum Gasteiger partial charge on any atom is -0.305 e. The number of nitrogens with zero attached hydrogens (tertiary/aromatic N) is 2. The normalized spacial score (nSPS) is 10.2. The van der Waals surface area contributed by atoms with Crippen LogP contribution in [0.15, 0.2) is 30.6 Å². The van der Waals surface area contributed by atoms with Crippen LogP contribution in [0, 0.1) is 0 Å². The van der Waals surface area contributed by atoms with Gasteiger partial charge in [-0.3, -0.25) is 4.79 Å². The van der Waals surface area contributed by atoms with Crippen molar-refractivity contribution in [2.45, 2.75) is 0 Å². The van der Waals surface area contributed by atoms with Crippen LogP contribution in [-0.4, -0.2) is 15.9 Å². The molecule has 2 aromatic rings. The van der Waals surface area contributed by atoms with E-state index in [0.29, 0.717) is 10.0 Å². The van der Waals surface area contributed by atoms with Crippen LogP contribution in [-0.2, 0) is 0 Å². The monoisotopic (exact) mass is 301 g/mol. The standard InChI is InChI=1S/C11H6Cl3N3O/c12-6-1-2-8(13)7(3-6)11(18)17-10-5-15-9(14)4-16-10/h1-5H,(H,16,17,18).